The summed E-state index contributed by atoms with van der Waals surface area (Å²) in [4.78, 5) is 0. The molecular weight excluding hydrogens is 300 g/mol. The van der Waals surface area contributed by atoms with E-state index in [-0.39, 0.29) is 0 Å². The molecule has 24 heavy (non-hydrogen) atoms. The van der Waals surface area contributed by atoms with Gasteiger partial charge in [0.05, 0.1) is 22.1 Å². The minimum atomic E-state index is -0.515. The van der Waals surface area contributed by atoms with E-state index in [1.165, 1.54) is 0 Å². The van der Waals surface area contributed by atoms with Gasteiger partial charge in [-0.05, 0) is 36.4 Å². The van der Waals surface area contributed by atoms with Crippen molar-refractivity contribution in [2.24, 2.45) is 0 Å². The zero-order chi connectivity index (χ0) is 15.9. The van der Waals surface area contributed by atoms with Crippen LogP contribution in [0, 0.1) is 0 Å². The average molecular weight is 312 g/mol. The van der Waals surface area contributed by atoms with Crippen molar-refractivity contribution in [3.8, 4) is 34.5 Å². The van der Waals surface area contributed by atoms with E-state index >= 15 is 0 Å². The molecule has 0 fully saturated rings. The molecule has 3 aromatic carbocycles. The van der Waals surface area contributed by atoms with Crippen molar-refractivity contribution in [1.82, 2.24) is 0 Å². The van der Waals surface area contributed by atoms with E-state index in [0.717, 1.165) is 51.2 Å². The largest absolute Gasteiger partial charge is 0.456 e. The van der Waals surface area contributed by atoms with Crippen LogP contribution >= 0.6 is 0 Å². The van der Waals surface area contributed by atoms with E-state index in [9.17, 15) is 0 Å². The van der Waals surface area contributed by atoms with Gasteiger partial charge < -0.3 is 14.2 Å². The molecule has 6 rings (SSSR count). The van der Waals surface area contributed by atoms with Crippen LogP contribution in [0.4, 0.5) is 0 Å². The van der Waals surface area contributed by atoms with Crippen molar-refractivity contribution in [2.45, 2.75) is 5.41 Å². The minimum absolute atomic E-state index is 0.515. The smallest absolute Gasteiger partial charge is 0.135 e. The van der Waals surface area contributed by atoms with Crippen LogP contribution in [-0.2, 0) is 5.41 Å². The molecule has 3 aliphatic rings. The number of rotatable bonds is 1. The molecule has 0 bridgehead atoms. The van der Waals surface area contributed by atoms with Crippen molar-refractivity contribution in [3.05, 3.63) is 83.9 Å². The fourth-order valence-electron chi connectivity index (χ4n) is 4.25. The Labute approximate surface area is 138 Å². The third kappa shape index (κ3) is 1.16. The molecule has 3 heteroatoms. The normalized spacial score (nSPS) is 16.2. The summed E-state index contributed by atoms with van der Waals surface area (Å²) in [6.45, 7) is 4.20. The molecule has 0 saturated carbocycles. The van der Waals surface area contributed by atoms with Gasteiger partial charge >= 0.3 is 0 Å². The Morgan fingerprint density at radius 1 is 0.583 bits per heavy atom. The summed E-state index contributed by atoms with van der Waals surface area (Å²) in [6.07, 6.45) is 1.99. The van der Waals surface area contributed by atoms with Gasteiger partial charge in [-0.1, -0.05) is 24.3 Å². The molecule has 0 N–H and O–H groups in total. The van der Waals surface area contributed by atoms with Gasteiger partial charge in [0.25, 0.3) is 0 Å². The van der Waals surface area contributed by atoms with Crippen molar-refractivity contribution < 1.29 is 14.2 Å². The predicted molar refractivity (Wildman–Crippen MR) is 89.6 cm³/mol. The molecule has 3 heterocycles. The van der Waals surface area contributed by atoms with E-state index in [2.05, 4.69) is 6.58 Å². The van der Waals surface area contributed by atoms with Crippen molar-refractivity contribution in [1.29, 1.82) is 0 Å². The molecule has 114 valence electrons. The number of hydrogen-bond acceptors (Lipinski definition) is 3. The molecule has 0 amide bonds. The summed E-state index contributed by atoms with van der Waals surface area (Å²) in [5, 5.41) is 0. The lowest BCUT2D eigenvalue weighted by atomic mass is 9.64. The molecule has 0 radical (unpaired) electrons. The first-order chi connectivity index (χ1) is 11.8. The summed E-state index contributed by atoms with van der Waals surface area (Å²) in [5.41, 5.74) is 2.49. The van der Waals surface area contributed by atoms with Gasteiger partial charge in [0.15, 0.2) is 0 Å². The van der Waals surface area contributed by atoms with E-state index in [4.69, 9.17) is 14.2 Å². The predicted octanol–water partition coefficient (Wildman–Crippen LogP) is 5.52. The summed E-state index contributed by atoms with van der Waals surface area (Å²) in [5.74, 6) is 4.83. The number of benzene rings is 3. The van der Waals surface area contributed by atoms with Crippen LogP contribution < -0.4 is 14.2 Å². The highest BCUT2D eigenvalue weighted by atomic mass is 16.5. The lowest BCUT2D eigenvalue weighted by Crippen LogP contribution is -2.36. The molecule has 0 spiro atoms. The molecule has 0 saturated heterocycles. The van der Waals surface area contributed by atoms with Crippen LogP contribution in [0.15, 0.2) is 67.3 Å². The lowest BCUT2D eigenvalue weighted by molar-refractivity contribution is 0.350. The molecular formula is C21H12O3. The first kappa shape index (κ1) is 12.3. The van der Waals surface area contributed by atoms with Gasteiger partial charge in [-0.25, -0.2) is 0 Å². The zero-order valence-electron chi connectivity index (χ0n) is 12.7. The summed E-state index contributed by atoms with van der Waals surface area (Å²) >= 11 is 0. The standard InChI is InChI=1S/C21H12O3/c1-2-21-18-12-6-3-7-13(18)23-15-9-5-11-17(20(15)21)24-16-10-4-8-14(22-12)19(16)21/h2-11H,1H2. The van der Waals surface area contributed by atoms with Gasteiger partial charge in [-0.3, -0.25) is 0 Å². The quantitative estimate of drug-likeness (QED) is 0.433. The second-order valence-corrected chi connectivity index (χ2v) is 6.21. The van der Waals surface area contributed by atoms with Crippen LogP contribution in [0.25, 0.3) is 0 Å². The number of ether oxygens (including phenoxy) is 3. The first-order valence-electron chi connectivity index (χ1n) is 7.90. The average Bonchev–Trinajstić information content (AvgIpc) is 2.61. The maximum atomic E-state index is 6.17. The summed E-state index contributed by atoms with van der Waals surface area (Å²) in [6, 6.07) is 17.7. The van der Waals surface area contributed by atoms with E-state index < -0.39 is 5.41 Å². The Balaban J connectivity index is 1.89. The Morgan fingerprint density at radius 2 is 0.875 bits per heavy atom. The van der Waals surface area contributed by atoms with Gasteiger partial charge in [0.1, 0.15) is 34.5 Å². The lowest BCUT2D eigenvalue weighted by Gasteiger charge is -2.46. The van der Waals surface area contributed by atoms with Crippen LogP contribution in [0.5, 0.6) is 34.5 Å². The van der Waals surface area contributed by atoms with Crippen molar-refractivity contribution in [2.75, 3.05) is 0 Å². The van der Waals surface area contributed by atoms with Gasteiger partial charge in [-0.2, -0.15) is 0 Å². The summed E-state index contributed by atoms with van der Waals surface area (Å²) in [7, 11) is 0. The highest BCUT2D eigenvalue weighted by Crippen LogP contribution is 2.66. The van der Waals surface area contributed by atoms with Crippen LogP contribution in [0.2, 0.25) is 0 Å². The molecule has 3 nitrogen and oxygen atoms in total. The number of hydrogen-bond donors (Lipinski definition) is 0. The molecule has 3 aliphatic heterocycles. The van der Waals surface area contributed by atoms with Gasteiger partial charge in [0, 0.05) is 0 Å². The molecule has 0 unspecified atom stereocenters. The Morgan fingerprint density at radius 3 is 1.12 bits per heavy atom. The van der Waals surface area contributed by atoms with Crippen LogP contribution in [0.1, 0.15) is 16.7 Å². The Bertz CT molecular complexity index is 874. The fraction of sp³-hybridized carbons (Fsp3) is 0.0476. The van der Waals surface area contributed by atoms with Crippen molar-refractivity contribution >= 4 is 0 Å². The monoisotopic (exact) mass is 312 g/mol. The second kappa shape index (κ2) is 3.82. The summed E-state index contributed by atoms with van der Waals surface area (Å²) < 4.78 is 18.5. The van der Waals surface area contributed by atoms with Crippen LogP contribution in [0.3, 0.4) is 0 Å². The highest BCUT2D eigenvalue weighted by Gasteiger charge is 2.53. The molecule has 0 aromatic heterocycles. The van der Waals surface area contributed by atoms with Gasteiger partial charge in [-0.15, -0.1) is 6.58 Å². The third-order valence-electron chi connectivity index (χ3n) is 5.11. The maximum Gasteiger partial charge on any atom is 0.135 e. The molecule has 3 aromatic rings. The topological polar surface area (TPSA) is 27.7 Å². The molecule has 0 aliphatic carbocycles. The maximum absolute atomic E-state index is 6.17. The Hall–Kier alpha value is -3.20. The highest BCUT2D eigenvalue weighted by molar-refractivity contribution is 5.80. The molecule has 0 atom stereocenters. The van der Waals surface area contributed by atoms with Crippen molar-refractivity contribution in [3.63, 3.8) is 0 Å². The number of allylic oxidation sites excluding steroid dienone is 1. The first-order valence-corrected chi connectivity index (χ1v) is 7.90. The van der Waals surface area contributed by atoms with E-state index in [0.29, 0.717) is 0 Å². The minimum Gasteiger partial charge on any atom is -0.456 e. The SMILES string of the molecule is C=CC12c3c4cccc3Oc3cccc(c31)Oc1cccc(c12)O4. The third-order valence-corrected chi connectivity index (χ3v) is 5.11. The second-order valence-electron chi connectivity index (χ2n) is 6.21. The zero-order valence-corrected chi connectivity index (χ0v) is 12.7. The Kier molecular flexibility index (Phi) is 1.95. The van der Waals surface area contributed by atoms with Crippen LogP contribution in [-0.4, -0.2) is 0 Å². The fourth-order valence-corrected chi connectivity index (χ4v) is 4.25. The van der Waals surface area contributed by atoms with E-state index in [1.807, 2.05) is 60.7 Å². The van der Waals surface area contributed by atoms with Gasteiger partial charge in [0.2, 0.25) is 0 Å². The van der Waals surface area contributed by atoms with E-state index in [1.54, 1.807) is 0 Å².